The summed E-state index contributed by atoms with van der Waals surface area (Å²) in [6.45, 7) is 2.24. The highest BCUT2D eigenvalue weighted by Crippen LogP contribution is 2.01. The van der Waals surface area contributed by atoms with Gasteiger partial charge in [0.25, 0.3) is 0 Å². The van der Waals surface area contributed by atoms with Gasteiger partial charge in [-0.25, -0.2) is 0 Å². The summed E-state index contributed by atoms with van der Waals surface area (Å²) >= 11 is 3.38. The Morgan fingerprint density at radius 3 is 2.17 bits per heavy atom. The van der Waals surface area contributed by atoms with Gasteiger partial charge in [-0.15, -0.1) is 11.8 Å². The Balaban J connectivity index is 2.99. The van der Waals surface area contributed by atoms with Gasteiger partial charge in [-0.2, -0.15) is 0 Å². The number of halogens is 1. The molecule has 0 nitrogen and oxygen atoms in total. The molecule has 0 radical (unpaired) electrons. The first kappa shape index (κ1) is 12.0. The smallest absolute Gasteiger partial charge is 0.00966 e. The lowest BCUT2D eigenvalue weighted by molar-refractivity contribution is 0.679. The maximum absolute atomic E-state index is 3.38. The molecule has 0 amide bonds. The van der Waals surface area contributed by atoms with Gasteiger partial charge in [0.15, 0.2) is 0 Å². The molecule has 0 spiro atoms. The predicted molar refractivity (Wildman–Crippen MR) is 59.6 cm³/mol. The van der Waals surface area contributed by atoms with Gasteiger partial charge in [-0.1, -0.05) is 42.1 Å². The van der Waals surface area contributed by atoms with Crippen molar-refractivity contribution in [3.8, 4) is 11.8 Å². The van der Waals surface area contributed by atoms with Gasteiger partial charge in [0.05, 0.1) is 0 Å². The SMILES string of the molecule is CCCCCCC#CCCCBr. The minimum atomic E-state index is 1.05. The van der Waals surface area contributed by atoms with E-state index in [0.717, 1.165) is 18.2 Å². The molecule has 0 fully saturated rings. The molecule has 0 aromatic rings. The summed E-state index contributed by atoms with van der Waals surface area (Å²) in [5.41, 5.74) is 0. The maximum Gasteiger partial charge on any atom is 0.00966 e. The molecule has 0 saturated heterocycles. The van der Waals surface area contributed by atoms with Crippen LogP contribution < -0.4 is 0 Å². The van der Waals surface area contributed by atoms with Crippen molar-refractivity contribution < 1.29 is 0 Å². The molecule has 0 N–H and O–H groups in total. The molecule has 0 heterocycles. The summed E-state index contributed by atoms with van der Waals surface area (Å²) in [6, 6.07) is 0. The van der Waals surface area contributed by atoms with Crippen molar-refractivity contribution in [2.75, 3.05) is 5.33 Å². The molecule has 0 aliphatic rings. The van der Waals surface area contributed by atoms with Crippen LogP contribution in [0.15, 0.2) is 0 Å². The minimum absolute atomic E-state index is 1.05. The van der Waals surface area contributed by atoms with Gasteiger partial charge in [0.2, 0.25) is 0 Å². The highest BCUT2D eigenvalue weighted by atomic mass is 79.9. The highest BCUT2D eigenvalue weighted by Gasteiger charge is 1.83. The third-order valence-corrected chi connectivity index (χ3v) is 2.28. The number of alkyl halides is 1. The zero-order valence-corrected chi connectivity index (χ0v) is 9.62. The summed E-state index contributed by atoms with van der Waals surface area (Å²) in [5, 5.41) is 1.08. The molecule has 1 heteroatoms. The Bertz CT molecular complexity index is 130. The van der Waals surface area contributed by atoms with Gasteiger partial charge in [0, 0.05) is 18.2 Å². The van der Waals surface area contributed by atoms with E-state index in [-0.39, 0.29) is 0 Å². The quantitative estimate of drug-likeness (QED) is 0.366. The third-order valence-electron chi connectivity index (χ3n) is 1.72. The second-order valence-corrected chi connectivity index (χ2v) is 3.75. The fourth-order valence-corrected chi connectivity index (χ4v) is 1.25. The van der Waals surface area contributed by atoms with Crippen molar-refractivity contribution in [2.24, 2.45) is 0 Å². The van der Waals surface area contributed by atoms with Crippen molar-refractivity contribution in [2.45, 2.75) is 51.9 Å². The Hall–Kier alpha value is 0.0400. The fraction of sp³-hybridized carbons (Fsp3) is 0.818. The molecule has 0 aliphatic heterocycles. The van der Waals surface area contributed by atoms with Gasteiger partial charge in [0.1, 0.15) is 0 Å². The van der Waals surface area contributed by atoms with E-state index < -0.39 is 0 Å². The Morgan fingerprint density at radius 1 is 0.917 bits per heavy atom. The lowest BCUT2D eigenvalue weighted by Gasteiger charge is -1.91. The summed E-state index contributed by atoms with van der Waals surface area (Å²) in [6.07, 6.45) is 8.65. The van der Waals surface area contributed by atoms with E-state index in [2.05, 4.69) is 34.7 Å². The van der Waals surface area contributed by atoms with E-state index >= 15 is 0 Å². The fourth-order valence-electron chi connectivity index (χ4n) is 0.972. The van der Waals surface area contributed by atoms with Crippen LogP contribution in [0.2, 0.25) is 0 Å². The molecule has 0 saturated carbocycles. The minimum Gasteiger partial charge on any atom is -0.103 e. The lowest BCUT2D eigenvalue weighted by atomic mass is 10.1. The Labute approximate surface area is 85.3 Å². The average molecular weight is 231 g/mol. The number of hydrogen-bond donors (Lipinski definition) is 0. The second kappa shape index (κ2) is 11.0. The molecular formula is C11H19Br. The number of rotatable bonds is 6. The zero-order valence-electron chi connectivity index (χ0n) is 8.03. The van der Waals surface area contributed by atoms with Crippen LogP contribution in [-0.4, -0.2) is 5.33 Å². The molecule has 12 heavy (non-hydrogen) atoms. The van der Waals surface area contributed by atoms with Crippen molar-refractivity contribution in [1.29, 1.82) is 0 Å². The number of hydrogen-bond acceptors (Lipinski definition) is 0. The predicted octanol–water partition coefficient (Wildman–Crippen LogP) is 4.14. The molecule has 0 aromatic heterocycles. The van der Waals surface area contributed by atoms with Gasteiger partial charge in [-0.05, 0) is 12.8 Å². The largest absolute Gasteiger partial charge is 0.103 e. The molecule has 0 aliphatic carbocycles. The monoisotopic (exact) mass is 230 g/mol. The van der Waals surface area contributed by atoms with Gasteiger partial charge < -0.3 is 0 Å². The molecule has 0 bridgehead atoms. The first-order valence-corrected chi connectivity index (χ1v) is 6.05. The van der Waals surface area contributed by atoms with Crippen molar-refractivity contribution >= 4 is 15.9 Å². The molecular weight excluding hydrogens is 212 g/mol. The van der Waals surface area contributed by atoms with Crippen LogP contribution in [0.25, 0.3) is 0 Å². The van der Waals surface area contributed by atoms with Crippen LogP contribution in [0.1, 0.15) is 51.9 Å². The highest BCUT2D eigenvalue weighted by molar-refractivity contribution is 9.09. The van der Waals surface area contributed by atoms with E-state index in [9.17, 15) is 0 Å². The van der Waals surface area contributed by atoms with Crippen LogP contribution in [0.5, 0.6) is 0 Å². The molecule has 70 valence electrons. The van der Waals surface area contributed by atoms with E-state index in [4.69, 9.17) is 0 Å². The summed E-state index contributed by atoms with van der Waals surface area (Å²) in [5.74, 6) is 6.39. The normalized spacial score (nSPS) is 9.17. The zero-order chi connectivity index (χ0) is 9.07. The van der Waals surface area contributed by atoms with Crippen LogP contribution in [0, 0.1) is 11.8 Å². The Kier molecular flexibility index (Phi) is 11.1. The van der Waals surface area contributed by atoms with Crippen LogP contribution in [-0.2, 0) is 0 Å². The van der Waals surface area contributed by atoms with E-state index in [1.165, 1.54) is 32.1 Å². The van der Waals surface area contributed by atoms with Crippen molar-refractivity contribution in [3.63, 3.8) is 0 Å². The Morgan fingerprint density at radius 2 is 1.58 bits per heavy atom. The summed E-state index contributed by atoms with van der Waals surface area (Å²) in [7, 11) is 0. The molecule has 0 aromatic carbocycles. The standard InChI is InChI=1S/C11H19Br/c1-2-3-4-5-6-7-8-9-10-11-12/h2-6,9-11H2,1H3. The molecule has 0 atom stereocenters. The van der Waals surface area contributed by atoms with Crippen LogP contribution >= 0.6 is 15.9 Å². The van der Waals surface area contributed by atoms with Crippen LogP contribution in [0.3, 0.4) is 0 Å². The first-order chi connectivity index (χ1) is 5.91. The number of unbranched alkanes of at least 4 members (excludes halogenated alkanes) is 5. The first-order valence-electron chi connectivity index (χ1n) is 4.93. The summed E-state index contributed by atoms with van der Waals surface area (Å²) < 4.78 is 0. The van der Waals surface area contributed by atoms with E-state index in [1.54, 1.807) is 0 Å². The average Bonchev–Trinajstić information content (AvgIpc) is 2.10. The van der Waals surface area contributed by atoms with E-state index in [1.807, 2.05) is 0 Å². The topological polar surface area (TPSA) is 0 Å². The molecule has 0 unspecified atom stereocenters. The van der Waals surface area contributed by atoms with E-state index in [0.29, 0.717) is 0 Å². The molecule has 0 rings (SSSR count). The lowest BCUT2D eigenvalue weighted by Crippen LogP contribution is -1.75. The maximum atomic E-state index is 3.38. The second-order valence-electron chi connectivity index (χ2n) is 2.96. The van der Waals surface area contributed by atoms with Gasteiger partial charge in [-0.3, -0.25) is 0 Å². The van der Waals surface area contributed by atoms with Crippen LogP contribution in [0.4, 0.5) is 0 Å². The third kappa shape index (κ3) is 10.0. The van der Waals surface area contributed by atoms with Crippen molar-refractivity contribution in [1.82, 2.24) is 0 Å². The van der Waals surface area contributed by atoms with Gasteiger partial charge >= 0.3 is 0 Å². The van der Waals surface area contributed by atoms with Crippen molar-refractivity contribution in [3.05, 3.63) is 0 Å². The summed E-state index contributed by atoms with van der Waals surface area (Å²) in [4.78, 5) is 0.